The van der Waals surface area contributed by atoms with Gasteiger partial charge in [-0.2, -0.15) is 0 Å². The fraction of sp³-hybridized carbons (Fsp3) is 0.294. The predicted molar refractivity (Wildman–Crippen MR) is 93.6 cm³/mol. The summed E-state index contributed by atoms with van der Waals surface area (Å²) in [6.45, 7) is 0. The van der Waals surface area contributed by atoms with Gasteiger partial charge in [-0.25, -0.2) is 23.1 Å². The average molecular weight is 397 g/mol. The fourth-order valence-corrected chi connectivity index (χ4v) is 4.95. The SMILES string of the molecule is Fc1cc(F)c(-c2c(Cl)nc3nncnc3c2SC2CCCC2)c(F)c1. The highest BCUT2D eigenvalue weighted by atomic mass is 35.5. The van der Waals surface area contributed by atoms with Crippen LogP contribution in [0.25, 0.3) is 22.3 Å². The minimum atomic E-state index is -1.04. The lowest BCUT2D eigenvalue weighted by Gasteiger charge is -2.17. The summed E-state index contributed by atoms with van der Waals surface area (Å²) in [7, 11) is 0. The van der Waals surface area contributed by atoms with Gasteiger partial charge in [-0.05, 0) is 12.8 Å². The Kier molecular flexibility index (Phi) is 4.71. The molecule has 0 radical (unpaired) electrons. The molecule has 1 aliphatic rings. The molecule has 1 aromatic carbocycles. The van der Waals surface area contributed by atoms with Crippen LogP contribution < -0.4 is 0 Å². The normalized spacial score (nSPS) is 15.1. The lowest BCUT2D eigenvalue weighted by atomic mass is 10.1. The molecule has 0 amide bonds. The maximum absolute atomic E-state index is 14.4. The molecule has 0 aliphatic heterocycles. The van der Waals surface area contributed by atoms with E-state index in [0.29, 0.717) is 22.5 Å². The summed E-state index contributed by atoms with van der Waals surface area (Å²) >= 11 is 7.72. The molecule has 3 aromatic rings. The fourth-order valence-electron chi connectivity index (χ4n) is 3.15. The number of halogens is 4. The van der Waals surface area contributed by atoms with Crippen molar-refractivity contribution in [1.29, 1.82) is 0 Å². The lowest BCUT2D eigenvalue weighted by Crippen LogP contribution is -2.03. The second-order valence-corrected chi connectivity index (χ2v) is 7.68. The van der Waals surface area contributed by atoms with Gasteiger partial charge in [0.1, 0.15) is 34.4 Å². The van der Waals surface area contributed by atoms with E-state index in [2.05, 4.69) is 20.2 Å². The number of benzene rings is 1. The van der Waals surface area contributed by atoms with E-state index < -0.39 is 23.0 Å². The van der Waals surface area contributed by atoms with Gasteiger partial charge in [0.15, 0.2) is 0 Å². The van der Waals surface area contributed by atoms with Crippen LogP contribution in [0.1, 0.15) is 25.7 Å². The van der Waals surface area contributed by atoms with Crippen LogP contribution >= 0.6 is 23.4 Å². The summed E-state index contributed by atoms with van der Waals surface area (Å²) in [5.41, 5.74) is 0.237. The van der Waals surface area contributed by atoms with E-state index in [-0.39, 0.29) is 21.6 Å². The number of fused-ring (bicyclic) bond motifs is 1. The van der Waals surface area contributed by atoms with Crippen molar-refractivity contribution in [3.05, 3.63) is 41.1 Å². The van der Waals surface area contributed by atoms with Crippen LogP contribution in [0.4, 0.5) is 13.2 Å². The molecule has 0 spiro atoms. The van der Waals surface area contributed by atoms with Gasteiger partial charge in [0.05, 0.1) is 5.56 Å². The van der Waals surface area contributed by atoms with Crippen LogP contribution in [-0.4, -0.2) is 25.4 Å². The highest BCUT2D eigenvalue weighted by Crippen LogP contribution is 2.45. The molecule has 1 aliphatic carbocycles. The zero-order valence-corrected chi connectivity index (χ0v) is 14.9. The van der Waals surface area contributed by atoms with Crippen molar-refractivity contribution in [1.82, 2.24) is 20.2 Å². The van der Waals surface area contributed by atoms with Gasteiger partial charge in [0.25, 0.3) is 0 Å². The largest absolute Gasteiger partial charge is 0.230 e. The van der Waals surface area contributed by atoms with Crippen LogP contribution in [0.3, 0.4) is 0 Å². The summed E-state index contributed by atoms with van der Waals surface area (Å²) in [6.07, 6.45) is 5.40. The first kappa shape index (κ1) is 17.5. The predicted octanol–water partition coefficient (Wildman–Crippen LogP) is 5.19. The van der Waals surface area contributed by atoms with Crippen molar-refractivity contribution in [2.45, 2.75) is 35.8 Å². The van der Waals surface area contributed by atoms with Crippen molar-refractivity contribution < 1.29 is 13.2 Å². The molecule has 26 heavy (non-hydrogen) atoms. The second kappa shape index (κ2) is 7.00. The van der Waals surface area contributed by atoms with Gasteiger partial charge >= 0.3 is 0 Å². The van der Waals surface area contributed by atoms with E-state index >= 15 is 0 Å². The van der Waals surface area contributed by atoms with E-state index in [0.717, 1.165) is 25.7 Å². The molecular formula is C17H12ClF3N4S. The van der Waals surface area contributed by atoms with Crippen molar-refractivity contribution in [2.75, 3.05) is 0 Å². The number of rotatable bonds is 3. The third-order valence-electron chi connectivity index (χ3n) is 4.30. The third kappa shape index (κ3) is 3.12. The van der Waals surface area contributed by atoms with E-state index in [9.17, 15) is 13.2 Å². The zero-order valence-electron chi connectivity index (χ0n) is 13.3. The second-order valence-electron chi connectivity index (χ2n) is 6.01. The number of pyridine rings is 1. The first-order chi connectivity index (χ1) is 12.5. The van der Waals surface area contributed by atoms with E-state index in [4.69, 9.17) is 11.6 Å². The molecule has 2 aromatic heterocycles. The highest BCUT2D eigenvalue weighted by Gasteiger charge is 2.27. The van der Waals surface area contributed by atoms with Crippen molar-refractivity contribution in [3.63, 3.8) is 0 Å². The Balaban J connectivity index is 2.00. The highest BCUT2D eigenvalue weighted by molar-refractivity contribution is 8.00. The van der Waals surface area contributed by atoms with Crippen LogP contribution in [-0.2, 0) is 0 Å². The molecule has 4 rings (SSSR count). The van der Waals surface area contributed by atoms with Gasteiger partial charge < -0.3 is 0 Å². The Bertz CT molecular complexity index is 972. The van der Waals surface area contributed by atoms with Crippen molar-refractivity contribution in [3.8, 4) is 11.1 Å². The van der Waals surface area contributed by atoms with Crippen molar-refractivity contribution in [2.24, 2.45) is 0 Å². The van der Waals surface area contributed by atoms with Gasteiger partial charge in [0.2, 0.25) is 5.65 Å². The minimum absolute atomic E-state index is 0.0755. The van der Waals surface area contributed by atoms with Crippen LogP contribution in [0, 0.1) is 17.5 Å². The number of aromatic nitrogens is 4. The Morgan fingerprint density at radius 1 is 1.04 bits per heavy atom. The molecule has 0 N–H and O–H groups in total. The number of hydrogen-bond donors (Lipinski definition) is 0. The van der Waals surface area contributed by atoms with Crippen LogP contribution in [0.2, 0.25) is 5.15 Å². The Labute approximate surface area is 156 Å². The first-order valence-corrected chi connectivity index (χ1v) is 9.29. The van der Waals surface area contributed by atoms with Crippen LogP contribution in [0.15, 0.2) is 23.4 Å². The average Bonchev–Trinajstić information content (AvgIpc) is 3.09. The smallest absolute Gasteiger partial charge is 0.203 e. The Morgan fingerprint density at radius 2 is 1.73 bits per heavy atom. The van der Waals surface area contributed by atoms with E-state index in [1.165, 1.54) is 18.1 Å². The number of nitrogens with zero attached hydrogens (tertiary/aromatic N) is 4. The molecule has 9 heteroatoms. The van der Waals surface area contributed by atoms with E-state index in [1.54, 1.807) is 0 Å². The summed E-state index contributed by atoms with van der Waals surface area (Å²) in [6, 6.07) is 1.25. The van der Waals surface area contributed by atoms with Crippen LogP contribution in [0.5, 0.6) is 0 Å². The van der Waals surface area contributed by atoms with Gasteiger partial charge in [-0.15, -0.1) is 22.0 Å². The molecule has 0 atom stereocenters. The van der Waals surface area contributed by atoms with Gasteiger partial charge in [0, 0.05) is 27.8 Å². The third-order valence-corrected chi connectivity index (χ3v) is 6.01. The summed E-state index contributed by atoms with van der Waals surface area (Å²) in [5, 5.41) is 7.74. The van der Waals surface area contributed by atoms with Crippen molar-refractivity contribution >= 4 is 34.5 Å². The maximum atomic E-state index is 14.4. The molecule has 1 fully saturated rings. The quantitative estimate of drug-likeness (QED) is 0.570. The first-order valence-electron chi connectivity index (χ1n) is 8.03. The summed E-state index contributed by atoms with van der Waals surface area (Å²) < 4.78 is 42.2. The zero-order chi connectivity index (χ0) is 18.3. The summed E-state index contributed by atoms with van der Waals surface area (Å²) in [4.78, 5) is 8.77. The van der Waals surface area contributed by atoms with Gasteiger partial charge in [-0.3, -0.25) is 0 Å². The van der Waals surface area contributed by atoms with E-state index in [1.807, 2.05) is 0 Å². The Hall–Kier alpha value is -1.93. The monoisotopic (exact) mass is 396 g/mol. The Morgan fingerprint density at radius 3 is 2.42 bits per heavy atom. The maximum Gasteiger partial charge on any atom is 0.203 e. The molecule has 4 nitrogen and oxygen atoms in total. The molecule has 1 saturated carbocycles. The molecule has 0 bridgehead atoms. The molecule has 0 unspecified atom stereocenters. The molecule has 134 valence electrons. The lowest BCUT2D eigenvalue weighted by molar-refractivity contribution is 0.547. The number of hydrogen-bond acceptors (Lipinski definition) is 5. The summed E-state index contributed by atoms with van der Waals surface area (Å²) in [5.74, 6) is -3.08. The minimum Gasteiger partial charge on any atom is -0.230 e. The standard InChI is InChI=1S/C17H12ClF3N4S/c18-16-13(12-10(20)5-8(19)6-11(12)21)15(26-9-3-1-2-4-9)14-17(24-16)25-23-7-22-14/h5-7,9H,1-4H2. The molecule has 2 heterocycles. The molecule has 0 saturated heterocycles. The number of thioether (sulfide) groups is 1. The van der Waals surface area contributed by atoms with Gasteiger partial charge in [-0.1, -0.05) is 24.4 Å². The molecular weight excluding hydrogens is 385 g/mol. The topological polar surface area (TPSA) is 51.6 Å².